The number of H-pyrrole nitrogens is 1. The van der Waals surface area contributed by atoms with Crippen LogP contribution in [0, 0.1) is 6.92 Å². The number of carboxylic acids is 1. The molecule has 39 heavy (non-hydrogen) atoms. The third-order valence-electron chi connectivity index (χ3n) is 6.28. The predicted octanol–water partition coefficient (Wildman–Crippen LogP) is 5.13. The molecule has 2 heterocycles. The van der Waals surface area contributed by atoms with Crippen LogP contribution in [0.5, 0.6) is 0 Å². The largest absolute Gasteiger partial charge is 0.478 e. The Kier molecular flexibility index (Phi) is 10.6. The summed E-state index contributed by atoms with van der Waals surface area (Å²) >= 11 is 0. The molecule has 0 radical (unpaired) electrons. The van der Waals surface area contributed by atoms with Gasteiger partial charge in [-0.05, 0) is 68.8 Å². The number of rotatable bonds is 10. The molecule has 2 aromatic heterocycles. The number of benzene rings is 2. The molecule has 0 unspecified atom stereocenters. The van der Waals surface area contributed by atoms with Crippen molar-refractivity contribution in [2.45, 2.75) is 39.7 Å². The number of nitrogens with zero attached hydrogens (tertiary/aromatic N) is 4. The number of nitrogens with one attached hydrogen (secondary N) is 2. The normalized spacial score (nSPS) is 10.7. The molecule has 0 saturated carbocycles. The van der Waals surface area contributed by atoms with E-state index in [1.54, 1.807) is 36.5 Å². The fourth-order valence-corrected chi connectivity index (χ4v) is 4.19. The number of hydrogen-bond donors (Lipinski definition) is 3. The van der Waals surface area contributed by atoms with Crippen LogP contribution in [0.4, 0.5) is 11.4 Å². The van der Waals surface area contributed by atoms with E-state index in [0.29, 0.717) is 12.0 Å². The second-order valence-electron chi connectivity index (χ2n) is 9.75. The van der Waals surface area contributed by atoms with Crippen LogP contribution in [0.25, 0.3) is 10.9 Å². The summed E-state index contributed by atoms with van der Waals surface area (Å²) in [5.74, 6) is -0.818. The minimum atomic E-state index is -0.879. The molecule has 0 aliphatic rings. The first kappa shape index (κ1) is 29.3. The topological polar surface area (TPSA) is 114 Å². The molecule has 0 aliphatic carbocycles. The first-order chi connectivity index (χ1) is 18.7. The summed E-state index contributed by atoms with van der Waals surface area (Å²) < 4.78 is 0. The van der Waals surface area contributed by atoms with E-state index in [1.807, 2.05) is 38.1 Å². The zero-order chi connectivity index (χ0) is 28.4. The minimum Gasteiger partial charge on any atom is -0.478 e. The van der Waals surface area contributed by atoms with Crippen molar-refractivity contribution < 1.29 is 14.7 Å². The molecular weight excluding hydrogens is 492 g/mol. The van der Waals surface area contributed by atoms with Crippen LogP contribution in [0.2, 0.25) is 0 Å². The number of hydrogen-bond acceptors (Lipinski definition) is 6. The average molecular weight is 531 g/mol. The Bertz CT molecular complexity index is 1380. The molecule has 0 spiro atoms. The monoisotopic (exact) mass is 530 g/mol. The SMILES string of the molecule is CCCC(=O)Nc1ccc2[nH]c(C)c(CCN(C)Cc3cc(N(C)C)cnn3)c2c1.O=C(O)c1ccccc1. The van der Waals surface area contributed by atoms with Gasteiger partial charge in [0.15, 0.2) is 0 Å². The first-order valence-electron chi connectivity index (χ1n) is 13.0. The number of aromatic nitrogens is 3. The Morgan fingerprint density at radius 1 is 1.05 bits per heavy atom. The lowest BCUT2D eigenvalue weighted by Crippen LogP contribution is -2.22. The van der Waals surface area contributed by atoms with Crippen LogP contribution in [0.3, 0.4) is 0 Å². The summed E-state index contributed by atoms with van der Waals surface area (Å²) in [6, 6.07) is 16.4. The number of aromatic carboxylic acids is 1. The highest BCUT2D eigenvalue weighted by Crippen LogP contribution is 2.26. The molecule has 0 aliphatic heterocycles. The van der Waals surface area contributed by atoms with E-state index in [9.17, 15) is 9.59 Å². The number of aromatic amines is 1. The number of aryl methyl sites for hydroxylation is 1. The molecule has 2 aromatic carbocycles. The fraction of sp³-hybridized carbons (Fsp3) is 0.333. The van der Waals surface area contributed by atoms with Crippen molar-refractivity contribution in [2.24, 2.45) is 0 Å². The van der Waals surface area contributed by atoms with Crippen LogP contribution >= 0.6 is 0 Å². The van der Waals surface area contributed by atoms with Crippen LogP contribution in [-0.4, -0.2) is 64.8 Å². The van der Waals surface area contributed by atoms with Gasteiger partial charge < -0.3 is 25.2 Å². The summed E-state index contributed by atoms with van der Waals surface area (Å²) in [7, 11) is 6.11. The first-order valence-corrected chi connectivity index (χ1v) is 13.0. The summed E-state index contributed by atoms with van der Waals surface area (Å²) in [6.45, 7) is 5.76. The Morgan fingerprint density at radius 3 is 2.44 bits per heavy atom. The summed E-state index contributed by atoms with van der Waals surface area (Å²) in [4.78, 5) is 29.9. The summed E-state index contributed by atoms with van der Waals surface area (Å²) in [5, 5.41) is 20.9. The quantitative estimate of drug-likeness (QED) is 0.260. The van der Waals surface area contributed by atoms with Gasteiger partial charge in [-0.15, -0.1) is 0 Å². The van der Waals surface area contributed by atoms with Crippen molar-refractivity contribution in [3.05, 3.63) is 83.3 Å². The molecule has 4 rings (SSSR count). The standard InChI is InChI=1S/C23H32N6O.C7H6O2/c1-6-7-23(30)26-17-8-9-22-21(13-17)20(16(2)25-22)10-11-29(5)15-18-12-19(28(3)4)14-24-27-18;8-7(9)6-4-2-1-3-5-6/h8-9,12-14,25H,6-7,10-11,15H2,1-5H3,(H,26,30);1-5H,(H,8,9). The van der Waals surface area contributed by atoms with E-state index in [-0.39, 0.29) is 5.91 Å². The van der Waals surface area contributed by atoms with Crippen molar-refractivity contribution in [3.63, 3.8) is 0 Å². The molecular formula is C30H38N6O3. The molecule has 3 N–H and O–H groups in total. The fourth-order valence-electron chi connectivity index (χ4n) is 4.19. The van der Waals surface area contributed by atoms with Gasteiger partial charge in [0.25, 0.3) is 0 Å². The Hall–Kier alpha value is -4.24. The summed E-state index contributed by atoms with van der Waals surface area (Å²) in [6.07, 6.45) is 4.07. The highest BCUT2D eigenvalue weighted by molar-refractivity contribution is 5.95. The zero-order valence-electron chi connectivity index (χ0n) is 23.4. The van der Waals surface area contributed by atoms with Crippen LogP contribution in [-0.2, 0) is 17.8 Å². The maximum absolute atomic E-state index is 12.0. The molecule has 9 nitrogen and oxygen atoms in total. The number of fused-ring (bicyclic) bond motifs is 1. The van der Waals surface area contributed by atoms with Gasteiger partial charge in [-0.25, -0.2) is 4.79 Å². The minimum absolute atomic E-state index is 0.0615. The van der Waals surface area contributed by atoms with E-state index in [0.717, 1.165) is 48.5 Å². The van der Waals surface area contributed by atoms with Crippen molar-refractivity contribution in [3.8, 4) is 0 Å². The van der Waals surface area contributed by atoms with E-state index < -0.39 is 5.97 Å². The van der Waals surface area contributed by atoms with Gasteiger partial charge in [0.05, 0.1) is 23.1 Å². The van der Waals surface area contributed by atoms with Gasteiger partial charge in [0, 0.05) is 55.9 Å². The number of carbonyl (C=O) groups is 2. The van der Waals surface area contributed by atoms with E-state index in [1.165, 1.54) is 16.6 Å². The smallest absolute Gasteiger partial charge is 0.335 e. The highest BCUT2D eigenvalue weighted by Gasteiger charge is 2.12. The average Bonchev–Trinajstić information content (AvgIpc) is 3.22. The zero-order valence-corrected chi connectivity index (χ0v) is 23.4. The molecule has 0 bridgehead atoms. The van der Waals surface area contributed by atoms with Gasteiger partial charge in [0.2, 0.25) is 5.91 Å². The van der Waals surface area contributed by atoms with Crippen molar-refractivity contribution >= 4 is 34.2 Å². The predicted molar refractivity (Wildman–Crippen MR) is 156 cm³/mol. The maximum Gasteiger partial charge on any atom is 0.335 e. The molecule has 0 fully saturated rings. The molecule has 4 aromatic rings. The molecule has 0 saturated heterocycles. The third kappa shape index (κ3) is 8.65. The number of likely N-dealkylation sites (N-methyl/N-ethyl adjacent to an activating group) is 1. The van der Waals surface area contributed by atoms with Crippen molar-refractivity contribution in [2.75, 3.05) is 37.9 Å². The molecule has 1 amide bonds. The second kappa shape index (κ2) is 14.1. The maximum atomic E-state index is 12.0. The molecule has 9 heteroatoms. The van der Waals surface area contributed by atoms with E-state index in [4.69, 9.17) is 5.11 Å². The van der Waals surface area contributed by atoms with E-state index in [2.05, 4.69) is 51.5 Å². The number of carbonyl (C=O) groups excluding carboxylic acids is 1. The van der Waals surface area contributed by atoms with Gasteiger partial charge in [0.1, 0.15) is 0 Å². The Labute approximate surface area is 229 Å². The number of amides is 1. The van der Waals surface area contributed by atoms with Gasteiger partial charge in [-0.3, -0.25) is 4.79 Å². The molecule has 0 atom stereocenters. The summed E-state index contributed by atoms with van der Waals surface area (Å²) in [5.41, 5.74) is 6.76. The number of carboxylic acid groups (broad SMARTS) is 1. The molecule has 206 valence electrons. The van der Waals surface area contributed by atoms with Crippen molar-refractivity contribution in [1.82, 2.24) is 20.1 Å². The van der Waals surface area contributed by atoms with Crippen LogP contribution in [0.15, 0.2) is 60.8 Å². The van der Waals surface area contributed by atoms with Crippen molar-refractivity contribution in [1.29, 1.82) is 0 Å². The number of anilines is 2. The van der Waals surface area contributed by atoms with Gasteiger partial charge in [-0.1, -0.05) is 25.1 Å². The lowest BCUT2D eigenvalue weighted by Gasteiger charge is -2.17. The highest BCUT2D eigenvalue weighted by atomic mass is 16.4. The lowest BCUT2D eigenvalue weighted by atomic mass is 10.1. The third-order valence-corrected chi connectivity index (χ3v) is 6.28. The van der Waals surface area contributed by atoms with Crippen LogP contribution < -0.4 is 10.2 Å². The Morgan fingerprint density at radius 2 is 1.79 bits per heavy atom. The van der Waals surface area contributed by atoms with E-state index >= 15 is 0 Å². The van der Waals surface area contributed by atoms with Gasteiger partial charge in [-0.2, -0.15) is 10.2 Å². The Balaban J connectivity index is 0.000000395. The lowest BCUT2D eigenvalue weighted by molar-refractivity contribution is -0.116. The van der Waals surface area contributed by atoms with Crippen LogP contribution in [0.1, 0.15) is 47.1 Å². The van der Waals surface area contributed by atoms with Gasteiger partial charge >= 0.3 is 5.97 Å². The second-order valence-corrected chi connectivity index (χ2v) is 9.75.